The Bertz CT molecular complexity index is 1060. The lowest BCUT2D eigenvalue weighted by Crippen LogP contribution is -2.44. The van der Waals surface area contributed by atoms with Crippen LogP contribution >= 0.6 is 11.6 Å². The monoisotopic (exact) mass is 483 g/mol. The summed E-state index contributed by atoms with van der Waals surface area (Å²) in [6.45, 7) is 3.68. The lowest BCUT2D eigenvalue weighted by molar-refractivity contribution is -0.150. The number of carbonyl (C=O) groups is 2. The molecule has 34 heavy (non-hydrogen) atoms. The van der Waals surface area contributed by atoms with Gasteiger partial charge in [-0.3, -0.25) is 14.5 Å². The van der Waals surface area contributed by atoms with Crippen LogP contribution in [0.2, 0.25) is 5.02 Å². The summed E-state index contributed by atoms with van der Waals surface area (Å²) >= 11 is 6.10. The topological polar surface area (TPSA) is 71.4 Å². The molecule has 4 rings (SSSR count). The van der Waals surface area contributed by atoms with Crippen LogP contribution in [-0.4, -0.2) is 60.8 Å². The van der Waals surface area contributed by atoms with Gasteiger partial charge in [0.25, 0.3) is 5.91 Å². The van der Waals surface area contributed by atoms with Crippen molar-refractivity contribution in [3.63, 3.8) is 0 Å². The van der Waals surface area contributed by atoms with Gasteiger partial charge >= 0.3 is 5.97 Å². The molecule has 0 N–H and O–H groups in total. The molecule has 0 saturated carbocycles. The first-order valence-corrected chi connectivity index (χ1v) is 12.0. The fourth-order valence-electron chi connectivity index (χ4n) is 4.58. The van der Waals surface area contributed by atoms with Crippen molar-refractivity contribution in [2.24, 2.45) is 11.0 Å². The van der Waals surface area contributed by atoms with Gasteiger partial charge in [0, 0.05) is 23.6 Å². The maximum Gasteiger partial charge on any atom is 0.310 e. The van der Waals surface area contributed by atoms with Crippen LogP contribution in [0, 0.1) is 5.92 Å². The van der Waals surface area contributed by atoms with E-state index in [1.54, 1.807) is 12.1 Å². The molecule has 2 aliphatic rings. The molecule has 2 heterocycles. The summed E-state index contributed by atoms with van der Waals surface area (Å²) in [4.78, 5) is 27.7. The molecular weight excluding hydrogens is 454 g/mol. The number of methoxy groups -OCH3 is 1. The van der Waals surface area contributed by atoms with Gasteiger partial charge in [0.15, 0.2) is 0 Å². The number of ether oxygens (including phenoxy) is 2. The maximum absolute atomic E-state index is 13.5. The van der Waals surface area contributed by atoms with E-state index in [0.717, 1.165) is 42.0 Å². The number of halogens is 1. The second-order valence-corrected chi connectivity index (χ2v) is 9.05. The zero-order valence-electron chi connectivity index (χ0n) is 19.6. The third kappa shape index (κ3) is 5.59. The largest absolute Gasteiger partial charge is 0.497 e. The van der Waals surface area contributed by atoms with E-state index in [4.69, 9.17) is 26.2 Å². The molecule has 0 aliphatic carbocycles. The van der Waals surface area contributed by atoms with Crippen LogP contribution < -0.4 is 4.74 Å². The van der Waals surface area contributed by atoms with E-state index in [0.29, 0.717) is 24.6 Å². The number of hydrogen-bond donors (Lipinski definition) is 0. The van der Waals surface area contributed by atoms with Crippen LogP contribution in [0.3, 0.4) is 0 Å². The average molecular weight is 484 g/mol. The highest BCUT2D eigenvalue weighted by molar-refractivity contribution is 6.30. The van der Waals surface area contributed by atoms with Crippen molar-refractivity contribution in [2.45, 2.75) is 32.2 Å². The third-order valence-electron chi connectivity index (χ3n) is 6.31. The van der Waals surface area contributed by atoms with Crippen LogP contribution in [0.1, 0.15) is 43.4 Å². The number of nitrogens with zero attached hydrogens (tertiary/aromatic N) is 3. The quantitative estimate of drug-likeness (QED) is 0.549. The Labute approximate surface area is 205 Å². The molecular formula is C26H30ClN3O4. The van der Waals surface area contributed by atoms with Gasteiger partial charge in [-0.05, 0) is 56.1 Å². The van der Waals surface area contributed by atoms with Crippen molar-refractivity contribution in [3.8, 4) is 5.75 Å². The molecule has 1 saturated heterocycles. The van der Waals surface area contributed by atoms with Crippen molar-refractivity contribution < 1.29 is 19.1 Å². The predicted octanol–water partition coefficient (Wildman–Crippen LogP) is 4.30. The lowest BCUT2D eigenvalue weighted by atomic mass is 9.97. The molecule has 8 heteroatoms. The van der Waals surface area contributed by atoms with Crippen molar-refractivity contribution in [1.29, 1.82) is 0 Å². The molecule has 7 nitrogen and oxygen atoms in total. The van der Waals surface area contributed by atoms with Gasteiger partial charge in [0.2, 0.25) is 0 Å². The predicted molar refractivity (Wildman–Crippen MR) is 131 cm³/mol. The minimum Gasteiger partial charge on any atom is -0.497 e. The molecule has 0 unspecified atom stereocenters. The van der Waals surface area contributed by atoms with Crippen molar-refractivity contribution in [3.05, 3.63) is 64.7 Å². The van der Waals surface area contributed by atoms with E-state index in [9.17, 15) is 9.59 Å². The highest BCUT2D eigenvalue weighted by atomic mass is 35.5. The number of hydrazone groups is 1. The van der Waals surface area contributed by atoms with Crippen LogP contribution in [0.5, 0.6) is 5.75 Å². The van der Waals surface area contributed by atoms with Crippen LogP contribution in [-0.2, 0) is 14.3 Å². The highest BCUT2D eigenvalue weighted by Gasteiger charge is 2.35. The van der Waals surface area contributed by atoms with Crippen molar-refractivity contribution in [1.82, 2.24) is 9.91 Å². The van der Waals surface area contributed by atoms with Gasteiger partial charge in [0.05, 0.1) is 37.9 Å². The van der Waals surface area contributed by atoms with Gasteiger partial charge in [-0.1, -0.05) is 35.9 Å². The number of amides is 1. The minimum absolute atomic E-state index is 0.0950. The molecule has 0 radical (unpaired) electrons. The fraction of sp³-hybridized carbons (Fsp3) is 0.423. The van der Waals surface area contributed by atoms with Crippen LogP contribution in [0.4, 0.5) is 0 Å². The SMILES string of the molecule is CCOC(=O)[C@@H]1CCCN(CC(=O)N2N=C(c3cccc(OC)c3)C[C@H]2c2ccc(Cl)cc2)C1. The minimum atomic E-state index is -0.225. The van der Waals surface area contributed by atoms with E-state index in [-0.39, 0.29) is 30.4 Å². The molecule has 180 valence electrons. The summed E-state index contributed by atoms with van der Waals surface area (Å²) in [5, 5.41) is 6.99. The standard InChI is InChI=1S/C26H30ClN3O4/c1-3-34-26(32)20-7-5-13-29(16-20)17-25(31)30-24(18-9-11-21(27)12-10-18)15-23(28-30)19-6-4-8-22(14-19)33-2/h4,6,8-12,14,20,24H,3,5,7,13,15-17H2,1-2H3/t20-,24+/m1/s1. The second kappa shape index (κ2) is 11.0. The number of benzene rings is 2. The lowest BCUT2D eigenvalue weighted by Gasteiger charge is -2.32. The summed E-state index contributed by atoms with van der Waals surface area (Å²) in [6, 6.07) is 15.0. The van der Waals surface area contributed by atoms with Crippen molar-refractivity contribution >= 4 is 29.2 Å². The van der Waals surface area contributed by atoms with Gasteiger partial charge < -0.3 is 9.47 Å². The summed E-state index contributed by atoms with van der Waals surface area (Å²) in [7, 11) is 1.63. The molecule has 1 fully saturated rings. The smallest absolute Gasteiger partial charge is 0.310 e. The summed E-state index contributed by atoms with van der Waals surface area (Å²) in [6.07, 6.45) is 2.24. The number of hydrogen-bond acceptors (Lipinski definition) is 6. The molecule has 1 amide bonds. The molecule has 2 atom stereocenters. The second-order valence-electron chi connectivity index (χ2n) is 8.61. The van der Waals surface area contributed by atoms with Crippen LogP contribution in [0.15, 0.2) is 53.6 Å². The first-order chi connectivity index (χ1) is 16.5. The van der Waals surface area contributed by atoms with Gasteiger partial charge in [0.1, 0.15) is 5.75 Å². The first kappa shape index (κ1) is 24.2. The Morgan fingerprint density at radius 3 is 2.71 bits per heavy atom. The Morgan fingerprint density at radius 2 is 1.97 bits per heavy atom. The molecule has 2 aromatic rings. The first-order valence-electron chi connectivity index (χ1n) is 11.7. The number of esters is 1. The number of rotatable bonds is 7. The molecule has 0 spiro atoms. The molecule has 2 aromatic carbocycles. The van der Waals surface area contributed by atoms with E-state index in [1.165, 1.54) is 0 Å². The third-order valence-corrected chi connectivity index (χ3v) is 6.56. The number of carbonyl (C=O) groups excluding carboxylic acids is 2. The highest BCUT2D eigenvalue weighted by Crippen LogP contribution is 2.34. The molecule has 0 aromatic heterocycles. The van der Waals surface area contributed by atoms with E-state index < -0.39 is 0 Å². The van der Waals surface area contributed by atoms with E-state index in [1.807, 2.05) is 60.4 Å². The Morgan fingerprint density at radius 1 is 1.18 bits per heavy atom. The Kier molecular flexibility index (Phi) is 7.85. The zero-order valence-corrected chi connectivity index (χ0v) is 20.3. The van der Waals surface area contributed by atoms with Gasteiger partial charge in [-0.25, -0.2) is 5.01 Å². The summed E-state index contributed by atoms with van der Waals surface area (Å²) < 4.78 is 10.6. The molecule has 0 bridgehead atoms. The van der Waals surface area contributed by atoms with Gasteiger partial charge in [-0.15, -0.1) is 0 Å². The van der Waals surface area contributed by atoms with Crippen LogP contribution in [0.25, 0.3) is 0 Å². The van der Waals surface area contributed by atoms with Crippen molar-refractivity contribution in [2.75, 3.05) is 33.4 Å². The Balaban J connectivity index is 1.55. The normalized spacial score (nSPS) is 20.7. The number of likely N-dealkylation sites (tertiary alicyclic amines) is 1. The summed E-state index contributed by atoms with van der Waals surface area (Å²) in [5.41, 5.74) is 2.73. The number of piperidine rings is 1. The van der Waals surface area contributed by atoms with Gasteiger partial charge in [-0.2, -0.15) is 5.10 Å². The average Bonchev–Trinajstić information content (AvgIpc) is 3.31. The Hall–Kier alpha value is -2.90. The molecule has 2 aliphatic heterocycles. The van der Waals surface area contributed by atoms with E-state index >= 15 is 0 Å². The fourth-order valence-corrected chi connectivity index (χ4v) is 4.70. The maximum atomic E-state index is 13.5. The zero-order chi connectivity index (χ0) is 24.1. The van der Waals surface area contributed by atoms with E-state index in [2.05, 4.69) is 0 Å². The summed E-state index contributed by atoms with van der Waals surface area (Å²) in [5.74, 6) is 0.273.